The number of carbonyl (C=O) groups is 1. The van der Waals surface area contributed by atoms with Crippen LogP contribution in [0.15, 0.2) is 53.9 Å². The molecule has 0 unspecified atom stereocenters. The maximum Gasteiger partial charge on any atom is 0.416 e. The van der Waals surface area contributed by atoms with Crippen LogP contribution in [0.2, 0.25) is 0 Å². The maximum absolute atomic E-state index is 13.4. The van der Waals surface area contributed by atoms with Crippen molar-refractivity contribution < 1.29 is 22.4 Å². The Hall–Kier alpha value is -3.27. The summed E-state index contributed by atoms with van der Waals surface area (Å²) in [5.41, 5.74) is 0.390. The fourth-order valence-electron chi connectivity index (χ4n) is 2.89. The second kappa shape index (κ2) is 7.86. The molecule has 2 aromatic heterocycles. The van der Waals surface area contributed by atoms with Crippen molar-refractivity contribution in [2.24, 2.45) is 0 Å². The largest absolute Gasteiger partial charge is 0.416 e. The van der Waals surface area contributed by atoms with Crippen molar-refractivity contribution in [1.82, 2.24) is 19.9 Å². The van der Waals surface area contributed by atoms with Gasteiger partial charge in [0.2, 0.25) is 4.96 Å². The molecule has 0 fully saturated rings. The van der Waals surface area contributed by atoms with Gasteiger partial charge in [-0.25, -0.2) is 8.91 Å². The number of alkyl halides is 3. The fourth-order valence-corrected chi connectivity index (χ4v) is 3.75. The second-order valence-electron chi connectivity index (χ2n) is 6.45. The van der Waals surface area contributed by atoms with Gasteiger partial charge in [0, 0.05) is 29.5 Å². The molecule has 0 saturated carbocycles. The number of nitrogens with zero attached hydrogens (tertiary/aromatic N) is 3. The molecule has 30 heavy (non-hydrogen) atoms. The van der Waals surface area contributed by atoms with Gasteiger partial charge in [-0.2, -0.15) is 18.2 Å². The van der Waals surface area contributed by atoms with E-state index in [4.69, 9.17) is 0 Å². The minimum Gasteiger partial charge on any atom is -0.352 e. The molecule has 4 aromatic rings. The summed E-state index contributed by atoms with van der Waals surface area (Å²) in [7, 11) is 0. The maximum atomic E-state index is 13.4. The second-order valence-corrected chi connectivity index (χ2v) is 7.29. The minimum absolute atomic E-state index is 0.0607. The molecule has 0 aliphatic rings. The molecule has 2 heterocycles. The van der Waals surface area contributed by atoms with E-state index in [1.165, 1.54) is 35.6 Å². The van der Waals surface area contributed by atoms with Crippen molar-refractivity contribution in [2.75, 3.05) is 6.54 Å². The van der Waals surface area contributed by atoms with Crippen LogP contribution < -0.4 is 5.32 Å². The van der Waals surface area contributed by atoms with Gasteiger partial charge in [-0.05, 0) is 30.3 Å². The van der Waals surface area contributed by atoms with E-state index in [9.17, 15) is 22.4 Å². The monoisotopic (exact) mass is 434 g/mol. The van der Waals surface area contributed by atoms with Crippen LogP contribution in [0.4, 0.5) is 17.6 Å². The highest BCUT2D eigenvalue weighted by Gasteiger charge is 2.30. The first-order valence-corrected chi connectivity index (χ1v) is 9.74. The van der Waals surface area contributed by atoms with Gasteiger partial charge >= 0.3 is 6.18 Å². The number of halogens is 4. The van der Waals surface area contributed by atoms with Gasteiger partial charge in [0.1, 0.15) is 5.82 Å². The lowest BCUT2D eigenvalue weighted by molar-refractivity contribution is -0.137. The number of carbonyl (C=O) groups excluding carboxylic acids is 1. The van der Waals surface area contributed by atoms with Gasteiger partial charge in [0.05, 0.1) is 11.3 Å². The van der Waals surface area contributed by atoms with Gasteiger partial charge in [-0.15, -0.1) is 16.4 Å². The van der Waals surface area contributed by atoms with Crippen molar-refractivity contribution in [3.63, 3.8) is 0 Å². The predicted molar refractivity (Wildman–Crippen MR) is 104 cm³/mol. The Morgan fingerprint density at radius 3 is 2.70 bits per heavy atom. The molecule has 10 heteroatoms. The Bertz CT molecular complexity index is 1210. The van der Waals surface area contributed by atoms with Gasteiger partial charge in [-0.1, -0.05) is 18.2 Å². The number of fused-ring (bicyclic) bond motifs is 1. The van der Waals surface area contributed by atoms with E-state index in [-0.39, 0.29) is 17.9 Å². The third-order valence-electron chi connectivity index (χ3n) is 4.35. The van der Waals surface area contributed by atoms with E-state index in [2.05, 4.69) is 15.4 Å². The molecule has 0 radical (unpaired) electrons. The number of hydrogen-bond donors (Lipinski definition) is 1. The number of thiazole rings is 1. The number of aromatic nitrogens is 3. The van der Waals surface area contributed by atoms with Gasteiger partial charge in [0.25, 0.3) is 5.91 Å². The molecule has 154 valence electrons. The summed E-state index contributed by atoms with van der Waals surface area (Å²) in [6.45, 7) is 0.204. The van der Waals surface area contributed by atoms with E-state index in [1.807, 2.05) is 5.38 Å². The van der Waals surface area contributed by atoms with Crippen LogP contribution in [0.25, 0.3) is 16.3 Å². The van der Waals surface area contributed by atoms with Gasteiger partial charge in [-0.3, -0.25) is 4.79 Å². The van der Waals surface area contributed by atoms with Crippen molar-refractivity contribution in [3.8, 4) is 11.4 Å². The number of rotatable bonds is 5. The summed E-state index contributed by atoms with van der Waals surface area (Å²) in [6.07, 6.45) is -4.11. The average Bonchev–Trinajstić information content (AvgIpc) is 3.29. The molecular formula is C20H14F4N4OS. The SMILES string of the molecule is O=C(NCCc1csc2nc(-c3cccc(F)c3)nn12)c1cccc(C(F)(F)F)c1. The third-order valence-corrected chi connectivity index (χ3v) is 5.22. The number of benzene rings is 2. The molecule has 0 bridgehead atoms. The van der Waals surface area contributed by atoms with E-state index >= 15 is 0 Å². The molecule has 5 nitrogen and oxygen atoms in total. The van der Waals surface area contributed by atoms with E-state index < -0.39 is 17.6 Å². The highest BCUT2D eigenvalue weighted by molar-refractivity contribution is 7.15. The standard InChI is InChI=1S/C20H14F4N4OS/c21-15-6-2-3-12(10-15)17-26-19-28(27-17)16(11-30-19)7-8-25-18(29)13-4-1-5-14(9-13)20(22,23)24/h1-6,9-11H,7-8H2,(H,25,29). The van der Waals surface area contributed by atoms with Crippen LogP contribution in [0, 0.1) is 5.82 Å². The Labute approximate surface area is 172 Å². The number of amides is 1. The molecule has 1 amide bonds. The summed E-state index contributed by atoms with van der Waals surface area (Å²) in [6, 6.07) is 10.2. The van der Waals surface area contributed by atoms with Crippen molar-refractivity contribution in [3.05, 3.63) is 76.5 Å². The molecule has 4 rings (SSSR count). The average molecular weight is 434 g/mol. The highest BCUT2D eigenvalue weighted by atomic mass is 32.1. The molecule has 2 aromatic carbocycles. The first kappa shape index (κ1) is 20.0. The molecule has 0 saturated heterocycles. The summed E-state index contributed by atoms with van der Waals surface area (Å²) in [5.74, 6) is -0.592. The van der Waals surface area contributed by atoms with Crippen LogP contribution in [-0.2, 0) is 12.6 Å². The Morgan fingerprint density at radius 1 is 1.13 bits per heavy atom. The lowest BCUT2D eigenvalue weighted by Gasteiger charge is -2.09. The smallest absolute Gasteiger partial charge is 0.352 e. The van der Waals surface area contributed by atoms with E-state index in [0.717, 1.165) is 17.8 Å². The molecule has 0 atom stereocenters. The van der Waals surface area contributed by atoms with Crippen LogP contribution in [0.3, 0.4) is 0 Å². The molecular weight excluding hydrogens is 420 g/mol. The quantitative estimate of drug-likeness (QED) is 0.468. The Kier molecular flexibility index (Phi) is 5.25. The Morgan fingerprint density at radius 2 is 1.93 bits per heavy atom. The van der Waals surface area contributed by atoms with Crippen molar-refractivity contribution in [1.29, 1.82) is 0 Å². The predicted octanol–water partition coefficient (Wildman–Crippen LogP) is 4.59. The summed E-state index contributed by atoms with van der Waals surface area (Å²) in [5, 5.41) is 8.84. The third kappa shape index (κ3) is 4.18. The fraction of sp³-hybridized carbons (Fsp3) is 0.150. The minimum atomic E-state index is -4.51. The topological polar surface area (TPSA) is 59.3 Å². The van der Waals surface area contributed by atoms with E-state index in [0.29, 0.717) is 22.8 Å². The first-order chi connectivity index (χ1) is 14.3. The van der Waals surface area contributed by atoms with Crippen LogP contribution in [0.1, 0.15) is 21.6 Å². The zero-order chi connectivity index (χ0) is 21.3. The number of hydrogen-bond acceptors (Lipinski definition) is 4. The molecule has 1 N–H and O–H groups in total. The number of nitrogens with one attached hydrogen (secondary N) is 1. The zero-order valence-corrected chi connectivity index (χ0v) is 16.1. The van der Waals surface area contributed by atoms with Gasteiger partial charge in [0.15, 0.2) is 5.82 Å². The Balaban J connectivity index is 1.44. The molecule has 0 spiro atoms. The van der Waals surface area contributed by atoms with Crippen LogP contribution in [-0.4, -0.2) is 27.0 Å². The highest BCUT2D eigenvalue weighted by Crippen LogP contribution is 2.29. The van der Waals surface area contributed by atoms with Crippen LogP contribution in [0.5, 0.6) is 0 Å². The lowest BCUT2D eigenvalue weighted by Crippen LogP contribution is -2.26. The van der Waals surface area contributed by atoms with Crippen molar-refractivity contribution >= 4 is 22.2 Å². The lowest BCUT2D eigenvalue weighted by atomic mass is 10.1. The van der Waals surface area contributed by atoms with E-state index in [1.54, 1.807) is 16.6 Å². The summed E-state index contributed by atoms with van der Waals surface area (Å²) < 4.78 is 53.4. The molecule has 0 aliphatic carbocycles. The van der Waals surface area contributed by atoms with Crippen LogP contribution >= 0.6 is 11.3 Å². The normalized spacial score (nSPS) is 11.7. The van der Waals surface area contributed by atoms with Crippen molar-refractivity contribution in [2.45, 2.75) is 12.6 Å². The first-order valence-electron chi connectivity index (χ1n) is 8.86. The summed E-state index contributed by atoms with van der Waals surface area (Å²) >= 11 is 1.35. The zero-order valence-electron chi connectivity index (χ0n) is 15.3. The van der Waals surface area contributed by atoms with Gasteiger partial charge < -0.3 is 5.32 Å². The summed E-state index contributed by atoms with van der Waals surface area (Å²) in [4.78, 5) is 17.2. The molecule has 0 aliphatic heterocycles.